The highest BCUT2D eigenvalue weighted by molar-refractivity contribution is 7.97. The largest absolute Gasteiger partial charge is 0.346 e. The van der Waals surface area contributed by atoms with Gasteiger partial charge in [-0.25, -0.2) is 9.29 Å². The molecule has 0 radical (unpaired) electrons. The highest BCUT2D eigenvalue weighted by Gasteiger charge is 2.18. The van der Waals surface area contributed by atoms with Gasteiger partial charge < -0.3 is 10.3 Å². The summed E-state index contributed by atoms with van der Waals surface area (Å²) < 4.78 is 2.26. The molecule has 6 heteroatoms. The smallest absolute Gasteiger partial charge is 0.300 e. The van der Waals surface area contributed by atoms with Gasteiger partial charge in [0.15, 0.2) is 0 Å². The molecule has 0 aliphatic heterocycles. The summed E-state index contributed by atoms with van der Waals surface area (Å²) in [6, 6.07) is 18.5. The molecule has 0 saturated heterocycles. The lowest BCUT2D eigenvalue weighted by Crippen LogP contribution is -2.32. The van der Waals surface area contributed by atoms with Crippen molar-refractivity contribution in [2.24, 2.45) is 0 Å². The Balaban J connectivity index is 1.65. The van der Waals surface area contributed by atoms with Crippen molar-refractivity contribution in [2.45, 2.75) is 44.6 Å². The molecule has 4 rings (SSSR count). The Bertz CT molecular complexity index is 1420. The van der Waals surface area contributed by atoms with E-state index in [-0.39, 0.29) is 11.4 Å². The van der Waals surface area contributed by atoms with Crippen LogP contribution in [0.5, 0.6) is 0 Å². The van der Waals surface area contributed by atoms with Crippen LogP contribution in [-0.4, -0.2) is 32.8 Å². The number of aromatic nitrogens is 2. The first-order chi connectivity index (χ1) is 16.7. The number of rotatable bonds is 5. The van der Waals surface area contributed by atoms with Gasteiger partial charge in [-0.15, -0.1) is 0 Å². The number of anilines is 1. The minimum Gasteiger partial charge on any atom is -0.346 e. The highest BCUT2D eigenvalue weighted by Crippen LogP contribution is 2.35. The summed E-state index contributed by atoms with van der Waals surface area (Å²) in [4.78, 5) is 21.2. The predicted molar refractivity (Wildman–Crippen MR) is 147 cm³/mol. The van der Waals surface area contributed by atoms with Crippen LogP contribution in [0.3, 0.4) is 0 Å². The van der Waals surface area contributed by atoms with Crippen LogP contribution in [0.1, 0.15) is 34.1 Å². The first-order valence-electron chi connectivity index (χ1n) is 11.6. The second-order valence-electron chi connectivity index (χ2n) is 9.30. The molecule has 0 unspecified atom stereocenters. The zero-order valence-electron chi connectivity index (χ0n) is 20.8. The number of carbonyl (C=O) groups excluding carboxylic acids is 1. The van der Waals surface area contributed by atoms with Gasteiger partial charge in [0.05, 0.1) is 0 Å². The van der Waals surface area contributed by atoms with Gasteiger partial charge in [-0.05, 0) is 87.1 Å². The molecule has 4 aromatic rings. The van der Waals surface area contributed by atoms with Crippen LogP contribution in [0.2, 0.25) is 0 Å². The Hall–Kier alpha value is -3.53. The normalized spacial score (nSPS) is 11.4. The van der Waals surface area contributed by atoms with Gasteiger partial charge >= 0.3 is 0 Å². The molecule has 0 aliphatic carbocycles. The summed E-state index contributed by atoms with van der Waals surface area (Å²) in [5.74, 6) is 5.08. The minimum absolute atomic E-state index is 0.0663. The minimum atomic E-state index is -0.305. The second kappa shape index (κ2) is 10.4. The van der Waals surface area contributed by atoms with Gasteiger partial charge in [-0.3, -0.25) is 4.79 Å². The third kappa shape index (κ3) is 5.94. The van der Waals surface area contributed by atoms with Crippen molar-refractivity contribution >= 4 is 34.6 Å². The van der Waals surface area contributed by atoms with Gasteiger partial charge in [0, 0.05) is 51.4 Å². The zero-order chi connectivity index (χ0) is 25.0. The number of fused-ring (bicyclic) bond motifs is 1. The van der Waals surface area contributed by atoms with Crippen LogP contribution < -0.4 is 5.32 Å². The molecule has 2 heterocycles. The van der Waals surface area contributed by atoms with Gasteiger partial charge in [0.1, 0.15) is 5.65 Å². The van der Waals surface area contributed by atoms with Crippen molar-refractivity contribution in [3.05, 3.63) is 67.0 Å². The molecule has 0 atom stereocenters. The second-order valence-corrected chi connectivity index (χ2v) is 10.5. The zero-order valence-corrected chi connectivity index (χ0v) is 21.6. The maximum atomic E-state index is 12.0. The predicted octanol–water partition coefficient (Wildman–Crippen LogP) is 6.99. The Labute approximate surface area is 211 Å². The molecule has 2 aromatic carbocycles. The number of nitrogens with zero attached hydrogens (tertiary/aromatic N) is 2. The van der Waals surface area contributed by atoms with Crippen molar-refractivity contribution in [1.29, 1.82) is 0 Å². The Morgan fingerprint density at radius 1 is 1.09 bits per heavy atom. The molecule has 1 amide bonds. The van der Waals surface area contributed by atoms with Gasteiger partial charge in [0.25, 0.3) is 5.91 Å². The van der Waals surface area contributed by atoms with Crippen LogP contribution in [0.4, 0.5) is 5.69 Å². The lowest BCUT2D eigenvalue weighted by molar-refractivity contribution is -0.111. The maximum Gasteiger partial charge on any atom is 0.300 e. The van der Waals surface area contributed by atoms with E-state index in [1.165, 1.54) is 4.90 Å². The number of hydrogen-bond donors (Lipinski definition) is 2. The first-order valence-corrected chi connectivity index (χ1v) is 12.4. The van der Waals surface area contributed by atoms with Gasteiger partial charge in [-0.1, -0.05) is 37.1 Å². The molecule has 0 saturated carbocycles. The molecule has 0 aliphatic rings. The summed E-state index contributed by atoms with van der Waals surface area (Å²) in [5, 5.41) is 3.90. The Kier molecular flexibility index (Phi) is 7.30. The van der Waals surface area contributed by atoms with Crippen molar-refractivity contribution < 1.29 is 4.79 Å². The topological polar surface area (TPSA) is 61.0 Å². The quantitative estimate of drug-likeness (QED) is 0.238. The van der Waals surface area contributed by atoms with Gasteiger partial charge in [-0.2, -0.15) is 0 Å². The molecule has 0 fully saturated rings. The molecule has 0 spiro atoms. The number of H-pyrrole nitrogens is 1. The molecule has 2 aromatic heterocycles. The van der Waals surface area contributed by atoms with Crippen molar-refractivity contribution in [3.63, 3.8) is 0 Å². The lowest BCUT2D eigenvalue weighted by atomic mass is 10.0. The summed E-state index contributed by atoms with van der Waals surface area (Å²) in [5.41, 5.74) is 5.81. The molecule has 5 nitrogen and oxygen atoms in total. The first kappa shape index (κ1) is 24.6. The molecular weight excluding hydrogens is 452 g/mol. The van der Waals surface area contributed by atoms with E-state index in [2.05, 4.69) is 89.6 Å². The molecular formula is C29H30N4OS. The van der Waals surface area contributed by atoms with E-state index >= 15 is 0 Å². The van der Waals surface area contributed by atoms with Crippen LogP contribution in [0.15, 0.2) is 71.9 Å². The number of aromatic amines is 1. The van der Waals surface area contributed by atoms with E-state index in [1.807, 2.05) is 43.6 Å². The fourth-order valence-electron chi connectivity index (χ4n) is 3.52. The average molecular weight is 483 g/mol. The third-order valence-electron chi connectivity index (χ3n) is 5.70. The van der Waals surface area contributed by atoms with E-state index in [9.17, 15) is 4.79 Å². The Morgan fingerprint density at radius 2 is 1.86 bits per heavy atom. The molecule has 35 heavy (non-hydrogen) atoms. The number of benzene rings is 2. The summed E-state index contributed by atoms with van der Waals surface area (Å²) in [7, 11) is 2.12. The van der Waals surface area contributed by atoms with Crippen LogP contribution in [0, 0.1) is 11.8 Å². The third-order valence-corrected chi connectivity index (χ3v) is 6.98. The maximum absolute atomic E-state index is 12.0. The van der Waals surface area contributed by atoms with E-state index < -0.39 is 0 Å². The average Bonchev–Trinajstić information content (AvgIpc) is 3.26. The molecule has 2 N–H and O–H groups in total. The summed E-state index contributed by atoms with van der Waals surface area (Å²) >= 11 is 1.74. The summed E-state index contributed by atoms with van der Waals surface area (Å²) in [6.45, 7) is 8.53. The number of hydrogen-bond acceptors (Lipinski definition) is 4. The fraction of sp³-hybridized carbons (Fsp3) is 0.241. The number of nitrogens with one attached hydrogen (secondary N) is 2. The number of pyridine rings is 1. The van der Waals surface area contributed by atoms with E-state index in [0.29, 0.717) is 12.1 Å². The van der Waals surface area contributed by atoms with Crippen molar-refractivity contribution in [3.8, 4) is 34.1 Å². The van der Waals surface area contributed by atoms with Crippen LogP contribution in [-0.2, 0) is 4.79 Å². The molecule has 178 valence electrons. The monoisotopic (exact) mass is 482 g/mol. The lowest BCUT2D eigenvalue weighted by Gasteiger charge is -2.30. The molecule has 0 bridgehead atoms. The number of amides is 1. The van der Waals surface area contributed by atoms with Crippen molar-refractivity contribution in [2.75, 3.05) is 12.4 Å². The fourth-order valence-corrected chi connectivity index (χ4v) is 4.43. The van der Waals surface area contributed by atoms with Crippen LogP contribution in [0.25, 0.3) is 33.3 Å². The van der Waals surface area contributed by atoms with Crippen molar-refractivity contribution in [1.82, 2.24) is 14.3 Å². The summed E-state index contributed by atoms with van der Waals surface area (Å²) in [6.07, 6.45) is 4.51. The van der Waals surface area contributed by atoms with E-state index in [0.717, 1.165) is 33.3 Å². The number of carbonyl (C=O) groups is 1. The van der Waals surface area contributed by atoms with E-state index in [4.69, 9.17) is 0 Å². The Morgan fingerprint density at radius 3 is 2.63 bits per heavy atom. The SMILES string of the molecule is CCC#CC(=O)Nc1cccc(-c2cnc3[nH]cc(-c4cccc(SN(C)C(C)(C)C)c4)c3c2)c1. The van der Waals surface area contributed by atoms with Gasteiger partial charge in [0.2, 0.25) is 0 Å². The highest BCUT2D eigenvalue weighted by atomic mass is 32.2. The van der Waals surface area contributed by atoms with E-state index in [1.54, 1.807) is 11.9 Å². The standard InChI is InChI=1S/C29H30N4OS/c1-6-7-14-27(34)32-23-12-8-10-20(15-23)22-17-25-26(19-31-28(25)30-18-22)21-11-9-13-24(16-21)35-33(5)29(2,3)4/h8-13,15-19H,6H2,1-5H3,(H,30,31)(H,32,34). The van der Waals surface area contributed by atoms with Crippen LogP contribution >= 0.6 is 11.9 Å².